The van der Waals surface area contributed by atoms with E-state index >= 15 is 0 Å². The quantitative estimate of drug-likeness (QED) is 0.761. The third-order valence-electron chi connectivity index (χ3n) is 3.23. The number of carboxylic acid groups (broad SMARTS) is 1. The average molecular weight is 291 g/mol. The van der Waals surface area contributed by atoms with Crippen molar-refractivity contribution in [3.8, 4) is 0 Å². The first-order valence-corrected chi connectivity index (χ1v) is 7.52. The van der Waals surface area contributed by atoms with Crippen LogP contribution >= 0.6 is 0 Å². The van der Waals surface area contributed by atoms with Gasteiger partial charge in [0, 0.05) is 19.5 Å². The van der Waals surface area contributed by atoms with Crippen molar-refractivity contribution in [3.63, 3.8) is 0 Å². The molecule has 1 rings (SSSR count). The fourth-order valence-electron chi connectivity index (χ4n) is 2.24. The third-order valence-corrected chi connectivity index (χ3v) is 3.23. The van der Waals surface area contributed by atoms with Gasteiger partial charge >= 0.3 is 5.97 Å². The molecule has 4 heteroatoms. The van der Waals surface area contributed by atoms with E-state index in [1.54, 1.807) is 4.90 Å². The van der Waals surface area contributed by atoms with Crippen LogP contribution in [0.1, 0.15) is 38.7 Å². The van der Waals surface area contributed by atoms with Crippen molar-refractivity contribution in [3.05, 3.63) is 35.9 Å². The second-order valence-corrected chi connectivity index (χ2v) is 5.72. The minimum Gasteiger partial charge on any atom is -0.481 e. The molecule has 0 heterocycles. The molecule has 0 saturated carbocycles. The number of rotatable bonds is 9. The molecule has 0 unspecified atom stereocenters. The molecule has 116 valence electrons. The van der Waals surface area contributed by atoms with E-state index in [2.05, 4.69) is 12.1 Å². The lowest BCUT2D eigenvalue weighted by Gasteiger charge is -2.24. The summed E-state index contributed by atoms with van der Waals surface area (Å²) >= 11 is 0. The number of amides is 1. The van der Waals surface area contributed by atoms with E-state index in [4.69, 9.17) is 5.11 Å². The summed E-state index contributed by atoms with van der Waals surface area (Å²) < 4.78 is 0. The maximum atomic E-state index is 12.2. The summed E-state index contributed by atoms with van der Waals surface area (Å²) in [5.41, 5.74) is 1.23. The van der Waals surface area contributed by atoms with Crippen LogP contribution in [0.4, 0.5) is 0 Å². The molecule has 1 amide bonds. The van der Waals surface area contributed by atoms with Gasteiger partial charge in [0.1, 0.15) is 0 Å². The Kier molecular flexibility index (Phi) is 7.51. The molecule has 0 aromatic heterocycles. The topological polar surface area (TPSA) is 57.6 Å². The molecule has 0 fully saturated rings. The normalized spacial score (nSPS) is 10.6. The lowest BCUT2D eigenvalue weighted by Crippen LogP contribution is -2.35. The van der Waals surface area contributed by atoms with Crippen molar-refractivity contribution in [2.75, 3.05) is 13.1 Å². The highest BCUT2D eigenvalue weighted by Gasteiger charge is 2.15. The number of aliphatic carboxylic acids is 1. The Bertz CT molecular complexity index is 443. The van der Waals surface area contributed by atoms with Gasteiger partial charge in [0.2, 0.25) is 5.91 Å². The second-order valence-electron chi connectivity index (χ2n) is 5.72. The van der Waals surface area contributed by atoms with Gasteiger partial charge in [0.15, 0.2) is 0 Å². The first kappa shape index (κ1) is 17.2. The molecular weight excluding hydrogens is 266 g/mol. The molecule has 0 radical (unpaired) electrons. The van der Waals surface area contributed by atoms with Crippen LogP contribution in [0.15, 0.2) is 30.3 Å². The van der Waals surface area contributed by atoms with Crippen LogP contribution in [0, 0.1) is 5.92 Å². The smallest absolute Gasteiger partial charge is 0.305 e. The molecule has 0 aliphatic heterocycles. The molecule has 1 aromatic carbocycles. The minimum absolute atomic E-state index is 0.0111. The maximum absolute atomic E-state index is 12.2. The Morgan fingerprint density at radius 1 is 1.14 bits per heavy atom. The number of carboxylic acids is 1. The van der Waals surface area contributed by atoms with Crippen LogP contribution in [0.5, 0.6) is 0 Å². The summed E-state index contributed by atoms with van der Waals surface area (Å²) in [6, 6.07) is 10.1. The summed E-state index contributed by atoms with van der Waals surface area (Å²) in [5.74, 6) is -0.460. The van der Waals surface area contributed by atoms with Gasteiger partial charge in [-0.15, -0.1) is 0 Å². The van der Waals surface area contributed by atoms with E-state index in [-0.39, 0.29) is 12.3 Å². The van der Waals surface area contributed by atoms with Crippen LogP contribution < -0.4 is 0 Å². The lowest BCUT2D eigenvalue weighted by atomic mass is 10.1. The van der Waals surface area contributed by atoms with Gasteiger partial charge in [-0.05, 0) is 24.3 Å². The molecule has 4 nitrogen and oxygen atoms in total. The largest absolute Gasteiger partial charge is 0.481 e. The van der Waals surface area contributed by atoms with Gasteiger partial charge in [0.05, 0.1) is 6.42 Å². The molecule has 0 bridgehead atoms. The molecule has 1 aromatic rings. The van der Waals surface area contributed by atoms with Crippen molar-refractivity contribution in [2.24, 2.45) is 5.92 Å². The van der Waals surface area contributed by atoms with Gasteiger partial charge < -0.3 is 10.0 Å². The van der Waals surface area contributed by atoms with E-state index < -0.39 is 5.97 Å². The van der Waals surface area contributed by atoms with Crippen molar-refractivity contribution < 1.29 is 14.7 Å². The van der Waals surface area contributed by atoms with Gasteiger partial charge in [-0.3, -0.25) is 9.59 Å². The standard InChI is InChI=1S/C17H25NO3/c1-14(2)13-18(12-11-17(20)21)16(19)10-6-9-15-7-4-3-5-8-15/h3-5,7-8,14H,6,9-13H2,1-2H3,(H,20,21). The number of nitrogens with zero attached hydrogens (tertiary/aromatic N) is 1. The number of aryl methyl sites for hydroxylation is 1. The number of carbonyl (C=O) groups excluding carboxylic acids is 1. The van der Waals surface area contributed by atoms with Crippen molar-refractivity contribution >= 4 is 11.9 Å². The number of benzene rings is 1. The van der Waals surface area contributed by atoms with Crippen LogP contribution in [-0.2, 0) is 16.0 Å². The Balaban J connectivity index is 2.42. The first-order chi connectivity index (χ1) is 9.99. The molecular formula is C17H25NO3. The Hall–Kier alpha value is -1.84. The lowest BCUT2D eigenvalue weighted by molar-refractivity contribution is -0.138. The monoisotopic (exact) mass is 291 g/mol. The van der Waals surface area contributed by atoms with Crippen LogP contribution in [0.2, 0.25) is 0 Å². The van der Waals surface area contributed by atoms with Crippen LogP contribution in [0.3, 0.4) is 0 Å². The summed E-state index contributed by atoms with van der Waals surface area (Å²) in [5, 5.41) is 8.77. The van der Waals surface area contributed by atoms with E-state index in [0.29, 0.717) is 25.4 Å². The SMILES string of the molecule is CC(C)CN(CCC(=O)O)C(=O)CCCc1ccccc1. The number of hydrogen-bond donors (Lipinski definition) is 1. The third kappa shape index (κ3) is 7.49. The zero-order valence-electron chi connectivity index (χ0n) is 12.9. The first-order valence-electron chi connectivity index (χ1n) is 7.52. The Morgan fingerprint density at radius 3 is 2.38 bits per heavy atom. The van der Waals surface area contributed by atoms with Crippen LogP contribution in [0.25, 0.3) is 0 Å². The molecule has 0 atom stereocenters. The highest BCUT2D eigenvalue weighted by Crippen LogP contribution is 2.08. The highest BCUT2D eigenvalue weighted by molar-refractivity contribution is 5.77. The summed E-state index contributed by atoms with van der Waals surface area (Å²) in [7, 11) is 0. The van der Waals surface area contributed by atoms with Crippen molar-refractivity contribution in [1.82, 2.24) is 4.90 Å². The van der Waals surface area contributed by atoms with Crippen molar-refractivity contribution in [1.29, 1.82) is 0 Å². The average Bonchev–Trinajstić information content (AvgIpc) is 2.44. The molecule has 0 aliphatic rings. The zero-order valence-corrected chi connectivity index (χ0v) is 12.9. The fraction of sp³-hybridized carbons (Fsp3) is 0.529. The van der Waals surface area contributed by atoms with E-state index in [9.17, 15) is 9.59 Å². The second kappa shape index (κ2) is 9.16. The molecule has 0 aliphatic carbocycles. The molecule has 0 spiro atoms. The molecule has 21 heavy (non-hydrogen) atoms. The van der Waals surface area contributed by atoms with Crippen molar-refractivity contribution in [2.45, 2.75) is 39.5 Å². The highest BCUT2D eigenvalue weighted by atomic mass is 16.4. The number of hydrogen-bond acceptors (Lipinski definition) is 2. The summed E-state index contributed by atoms with van der Waals surface area (Å²) in [6.45, 7) is 4.99. The molecule has 0 saturated heterocycles. The van der Waals surface area contributed by atoms with E-state index in [1.165, 1.54) is 5.56 Å². The number of carbonyl (C=O) groups is 2. The maximum Gasteiger partial charge on any atom is 0.305 e. The fourth-order valence-corrected chi connectivity index (χ4v) is 2.24. The van der Waals surface area contributed by atoms with E-state index in [0.717, 1.165) is 12.8 Å². The Labute approximate surface area is 126 Å². The van der Waals surface area contributed by atoms with Crippen LogP contribution in [-0.4, -0.2) is 35.0 Å². The summed E-state index contributed by atoms with van der Waals surface area (Å²) in [6.07, 6.45) is 2.16. The predicted molar refractivity (Wildman–Crippen MR) is 83.1 cm³/mol. The van der Waals surface area contributed by atoms with Gasteiger partial charge in [-0.2, -0.15) is 0 Å². The van der Waals surface area contributed by atoms with Gasteiger partial charge in [-0.1, -0.05) is 44.2 Å². The van der Waals surface area contributed by atoms with E-state index in [1.807, 2.05) is 32.0 Å². The zero-order chi connectivity index (χ0) is 15.7. The Morgan fingerprint density at radius 2 is 1.81 bits per heavy atom. The molecule has 1 N–H and O–H groups in total. The minimum atomic E-state index is -0.860. The van der Waals surface area contributed by atoms with Gasteiger partial charge in [0.25, 0.3) is 0 Å². The predicted octanol–water partition coefficient (Wildman–Crippen LogP) is 2.97. The van der Waals surface area contributed by atoms with Gasteiger partial charge in [-0.25, -0.2) is 0 Å². The summed E-state index contributed by atoms with van der Waals surface area (Å²) in [4.78, 5) is 24.6.